The zero-order valence-corrected chi connectivity index (χ0v) is 13.7. The summed E-state index contributed by atoms with van der Waals surface area (Å²) < 4.78 is 1.77. The number of likely N-dealkylation sites (tertiary alicyclic amines) is 1. The number of nitrogens with zero attached hydrogens (tertiary/aromatic N) is 4. The summed E-state index contributed by atoms with van der Waals surface area (Å²) in [6.45, 7) is 7.39. The van der Waals surface area contributed by atoms with Crippen molar-refractivity contribution in [2.75, 3.05) is 20.1 Å². The second kappa shape index (κ2) is 5.68. The van der Waals surface area contributed by atoms with Gasteiger partial charge in [-0.05, 0) is 46.7 Å². The van der Waals surface area contributed by atoms with Crippen molar-refractivity contribution in [1.29, 1.82) is 0 Å². The largest absolute Gasteiger partial charge is 0.338 e. The van der Waals surface area contributed by atoms with Crippen LogP contribution in [0.4, 0.5) is 0 Å². The molecule has 0 unspecified atom stereocenters. The van der Waals surface area contributed by atoms with Crippen molar-refractivity contribution >= 4 is 11.6 Å². The Morgan fingerprint density at radius 3 is 2.59 bits per heavy atom. The van der Waals surface area contributed by atoms with E-state index in [1.165, 1.54) is 0 Å². The molecule has 6 nitrogen and oxygen atoms in total. The molecule has 3 rings (SSSR count). The van der Waals surface area contributed by atoms with Crippen LogP contribution in [0.25, 0.3) is 5.65 Å². The number of piperidine rings is 1. The van der Waals surface area contributed by atoms with Crippen LogP contribution in [0, 0.1) is 20.8 Å². The molecule has 1 aliphatic heterocycles. The molecule has 2 aromatic rings. The van der Waals surface area contributed by atoms with Crippen LogP contribution in [0.1, 0.15) is 40.3 Å². The first-order valence-corrected chi connectivity index (χ1v) is 7.81. The van der Waals surface area contributed by atoms with Crippen LogP contribution in [0.5, 0.6) is 0 Å². The number of carbonyl (C=O) groups excluding carboxylic acids is 1. The lowest BCUT2D eigenvalue weighted by molar-refractivity contribution is 0.0708. The van der Waals surface area contributed by atoms with Gasteiger partial charge in [0, 0.05) is 30.5 Å². The lowest BCUT2D eigenvalue weighted by Gasteiger charge is -2.31. The minimum Gasteiger partial charge on any atom is -0.338 e. The van der Waals surface area contributed by atoms with Gasteiger partial charge in [0.1, 0.15) is 5.56 Å². The number of hydrogen-bond acceptors (Lipinski definition) is 4. The first-order valence-electron chi connectivity index (χ1n) is 7.81. The number of fused-ring (bicyclic) bond motifs is 1. The highest BCUT2D eigenvalue weighted by Crippen LogP contribution is 2.20. The van der Waals surface area contributed by atoms with Crippen LogP contribution in [-0.4, -0.2) is 51.6 Å². The number of aryl methyl sites for hydroxylation is 3. The van der Waals surface area contributed by atoms with Crippen LogP contribution in [0.3, 0.4) is 0 Å². The van der Waals surface area contributed by atoms with E-state index >= 15 is 0 Å². The van der Waals surface area contributed by atoms with E-state index in [9.17, 15) is 4.79 Å². The van der Waals surface area contributed by atoms with Crippen LogP contribution >= 0.6 is 0 Å². The molecule has 2 aromatic heterocycles. The maximum Gasteiger partial charge on any atom is 0.259 e. The summed E-state index contributed by atoms with van der Waals surface area (Å²) in [5, 5.41) is 7.78. The number of rotatable bonds is 2. The molecule has 1 saturated heterocycles. The number of carbonyl (C=O) groups is 1. The van der Waals surface area contributed by atoms with E-state index in [2.05, 4.69) is 15.4 Å². The predicted molar refractivity (Wildman–Crippen MR) is 85.2 cm³/mol. The van der Waals surface area contributed by atoms with Crippen LogP contribution < -0.4 is 5.32 Å². The van der Waals surface area contributed by atoms with E-state index in [0.29, 0.717) is 17.3 Å². The summed E-state index contributed by atoms with van der Waals surface area (Å²) in [6.07, 6.45) is 1.98. The van der Waals surface area contributed by atoms with Gasteiger partial charge < -0.3 is 10.2 Å². The Labute approximate surface area is 130 Å². The Balaban J connectivity index is 1.96. The van der Waals surface area contributed by atoms with Crippen molar-refractivity contribution in [3.8, 4) is 0 Å². The average molecular weight is 301 g/mol. The fourth-order valence-corrected chi connectivity index (χ4v) is 3.21. The molecule has 1 aliphatic rings. The third-order valence-corrected chi connectivity index (χ3v) is 4.47. The number of hydrogen-bond donors (Lipinski definition) is 1. The normalized spacial score (nSPS) is 16.5. The van der Waals surface area contributed by atoms with Gasteiger partial charge in [0.05, 0.1) is 5.69 Å². The maximum absolute atomic E-state index is 12.9. The molecule has 0 bridgehead atoms. The van der Waals surface area contributed by atoms with Crippen molar-refractivity contribution < 1.29 is 4.79 Å². The van der Waals surface area contributed by atoms with Gasteiger partial charge in [-0.3, -0.25) is 4.79 Å². The Bertz CT molecular complexity index is 713. The second-order valence-electron chi connectivity index (χ2n) is 6.09. The molecule has 1 N–H and O–H groups in total. The first kappa shape index (κ1) is 15.0. The molecule has 0 atom stereocenters. The van der Waals surface area contributed by atoms with E-state index in [1.54, 1.807) is 4.52 Å². The fraction of sp³-hybridized carbons (Fsp3) is 0.562. The van der Waals surface area contributed by atoms with Crippen molar-refractivity contribution in [1.82, 2.24) is 24.8 Å². The van der Waals surface area contributed by atoms with Crippen LogP contribution in [0.15, 0.2) is 6.07 Å². The molecule has 6 heteroatoms. The molecule has 0 aromatic carbocycles. The van der Waals surface area contributed by atoms with Gasteiger partial charge in [0.15, 0.2) is 5.65 Å². The summed E-state index contributed by atoms with van der Waals surface area (Å²) in [5.41, 5.74) is 3.98. The second-order valence-corrected chi connectivity index (χ2v) is 6.09. The standard InChI is InChI=1S/C16H23N5O/c1-10-9-11(2)21-15(18-10)14(12(3)19-21)16(22)20-7-5-13(17-4)6-8-20/h9,13,17H,5-8H2,1-4H3. The van der Waals surface area contributed by atoms with Crippen molar-refractivity contribution in [3.63, 3.8) is 0 Å². The summed E-state index contributed by atoms with van der Waals surface area (Å²) >= 11 is 0. The van der Waals surface area contributed by atoms with Gasteiger partial charge in [-0.15, -0.1) is 0 Å². The summed E-state index contributed by atoms with van der Waals surface area (Å²) in [7, 11) is 1.98. The third-order valence-electron chi connectivity index (χ3n) is 4.47. The minimum absolute atomic E-state index is 0.0551. The number of aromatic nitrogens is 3. The van der Waals surface area contributed by atoms with E-state index in [4.69, 9.17) is 0 Å². The molecular formula is C16H23N5O. The quantitative estimate of drug-likeness (QED) is 0.912. The molecule has 22 heavy (non-hydrogen) atoms. The number of nitrogens with one attached hydrogen (secondary N) is 1. The average Bonchev–Trinajstić information content (AvgIpc) is 2.83. The van der Waals surface area contributed by atoms with Crippen molar-refractivity contribution in [3.05, 3.63) is 28.7 Å². The zero-order valence-electron chi connectivity index (χ0n) is 13.7. The molecular weight excluding hydrogens is 278 g/mol. The highest BCUT2D eigenvalue weighted by atomic mass is 16.2. The number of amides is 1. The highest BCUT2D eigenvalue weighted by Gasteiger charge is 2.27. The van der Waals surface area contributed by atoms with E-state index in [0.717, 1.165) is 43.0 Å². The van der Waals surface area contributed by atoms with Crippen LogP contribution in [-0.2, 0) is 0 Å². The zero-order chi connectivity index (χ0) is 15.9. The summed E-state index contributed by atoms with van der Waals surface area (Å²) in [5.74, 6) is 0.0551. The van der Waals surface area contributed by atoms with Gasteiger partial charge in [-0.2, -0.15) is 5.10 Å². The molecule has 3 heterocycles. The smallest absolute Gasteiger partial charge is 0.259 e. The highest BCUT2D eigenvalue weighted by molar-refractivity contribution is 6.01. The van der Waals surface area contributed by atoms with E-state index in [1.807, 2.05) is 38.8 Å². The van der Waals surface area contributed by atoms with Crippen molar-refractivity contribution in [2.45, 2.75) is 39.7 Å². The maximum atomic E-state index is 12.9. The van der Waals surface area contributed by atoms with E-state index < -0.39 is 0 Å². The Morgan fingerprint density at radius 1 is 1.27 bits per heavy atom. The summed E-state index contributed by atoms with van der Waals surface area (Å²) in [6, 6.07) is 2.49. The monoisotopic (exact) mass is 301 g/mol. The van der Waals surface area contributed by atoms with Gasteiger partial charge in [-0.1, -0.05) is 0 Å². The minimum atomic E-state index is 0.0551. The topological polar surface area (TPSA) is 62.5 Å². The Kier molecular flexibility index (Phi) is 3.87. The van der Waals surface area contributed by atoms with Gasteiger partial charge in [0.2, 0.25) is 0 Å². The fourth-order valence-electron chi connectivity index (χ4n) is 3.21. The molecule has 1 amide bonds. The van der Waals surface area contributed by atoms with Gasteiger partial charge in [0.25, 0.3) is 5.91 Å². The molecule has 118 valence electrons. The lowest BCUT2D eigenvalue weighted by atomic mass is 10.0. The van der Waals surface area contributed by atoms with Gasteiger partial charge >= 0.3 is 0 Å². The lowest BCUT2D eigenvalue weighted by Crippen LogP contribution is -2.44. The first-order chi connectivity index (χ1) is 10.5. The SMILES string of the molecule is CNC1CCN(C(=O)c2c(C)nn3c(C)cc(C)nc23)CC1. The molecule has 0 spiro atoms. The Morgan fingerprint density at radius 2 is 1.95 bits per heavy atom. The van der Waals surface area contributed by atoms with Gasteiger partial charge in [-0.25, -0.2) is 9.50 Å². The molecule has 0 radical (unpaired) electrons. The Hall–Kier alpha value is -1.95. The third kappa shape index (κ3) is 2.47. The summed E-state index contributed by atoms with van der Waals surface area (Å²) in [4.78, 5) is 19.4. The molecule has 0 saturated carbocycles. The molecule has 1 fully saturated rings. The molecule has 0 aliphatic carbocycles. The predicted octanol–water partition coefficient (Wildman–Crippen LogP) is 1.48. The van der Waals surface area contributed by atoms with Crippen molar-refractivity contribution in [2.24, 2.45) is 0 Å². The van der Waals surface area contributed by atoms with E-state index in [-0.39, 0.29) is 5.91 Å². The van der Waals surface area contributed by atoms with Crippen LogP contribution in [0.2, 0.25) is 0 Å².